The molecule has 1 unspecified atom stereocenters. The molecule has 1 aromatic heterocycles. The molecule has 2 aromatic carbocycles. The maximum Gasteiger partial charge on any atom is 0.134 e. The van der Waals surface area contributed by atoms with Gasteiger partial charge in [-0.05, 0) is 38.2 Å². The lowest BCUT2D eigenvalue weighted by atomic mass is 10.0. The molecule has 1 heterocycles. The summed E-state index contributed by atoms with van der Waals surface area (Å²) in [6.45, 7) is 2.00. The van der Waals surface area contributed by atoms with Gasteiger partial charge in [-0.2, -0.15) is 0 Å². The van der Waals surface area contributed by atoms with Gasteiger partial charge in [0.05, 0.1) is 6.04 Å². The van der Waals surface area contributed by atoms with Crippen LogP contribution in [0.5, 0.6) is 0 Å². The molecule has 21 heavy (non-hydrogen) atoms. The van der Waals surface area contributed by atoms with Crippen LogP contribution in [0.15, 0.2) is 46.9 Å². The predicted octanol–water partition coefficient (Wildman–Crippen LogP) is 4.33. The predicted molar refractivity (Wildman–Crippen MR) is 78.2 cm³/mol. The van der Waals surface area contributed by atoms with Crippen molar-refractivity contribution in [3.05, 3.63) is 71.0 Å². The van der Waals surface area contributed by atoms with E-state index in [1.165, 1.54) is 12.1 Å². The zero-order valence-corrected chi connectivity index (χ0v) is 11.8. The highest BCUT2D eigenvalue weighted by molar-refractivity contribution is 5.79. The summed E-state index contributed by atoms with van der Waals surface area (Å²) in [5.74, 6) is -0.582. The van der Waals surface area contributed by atoms with E-state index in [0.717, 1.165) is 22.6 Å². The van der Waals surface area contributed by atoms with E-state index in [2.05, 4.69) is 5.32 Å². The number of nitrogens with one attached hydrogen (secondary N) is 1. The van der Waals surface area contributed by atoms with Crippen LogP contribution in [0, 0.1) is 18.6 Å². The van der Waals surface area contributed by atoms with Crippen molar-refractivity contribution in [2.75, 3.05) is 7.05 Å². The largest absolute Gasteiger partial charge is 0.459 e. The molecular formula is C17H15F2NO. The first-order valence-electron chi connectivity index (χ1n) is 6.71. The topological polar surface area (TPSA) is 25.2 Å². The minimum atomic E-state index is -0.592. The Hall–Kier alpha value is -2.20. The molecule has 4 heteroatoms. The fourth-order valence-electron chi connectivity index (χ4n) is 2.51. The quantitative estimate of drug-likeness (QED) is 0.775. The molecule has 3 rings (SSSR count). The number of fused-ring (bicyclic) bond motifs is 1. The van der Waals surface area contributed by atoms with Crippen molar-refractivity contribution >= 4 is 11.0 Å². The van der Waals surface area contributed by atoms with Crippen molar-refractivity contribution in [3.63, 3.8) is 0 Å². The van der Waals surface area contributed by atoms with Gasteiger partial charge in [0, 0.05) is 17.0 Å². The average molecular weight is 287 g/mol. The van der Waals surface area contributed by atoms with Gasteiger partial charge in [0.2, 0.25) is 0 Å². The van der Waals surface area contributed by atoms with Crippen LogP contribution in [-0.2, 0) is 0 Å². The van der Waals surface area contributed by atoms with E-state index in [1.54, 1.807) is 7.05 Å². The summed E-state index contributed by atoms with van der Waals surface area (Å²) in [6, 6.07) is 10.8. The highest BCUT2D eigenvalue weighted by Crippen LogP contribution is 2.30. The van der Waals surface area contributed by atoms with E-state index >= 15 is 0 Å². The number of rotatable bonds is 3. The number of furan rings is 1. The first kappa shape index (κ1) is 13.8. The molecule has 0 fully saturated rings. The molecule has 0 saturated heterocycles. The Bertz CT molecular complexity index is 795. The third-order valence-electron chi connectivity index (χ3n) is 3.54. The van der Waals surface area contributed by atoms with Crippen molar-refractivity contribution in [1.82, 2.24) is 5.32 Å². The molecule has 108 valence electrons. The van der Waals surface area contributed by atoms with Gasteiger partial charge in [0.15, 0.2) is 0 Å². The average Bonchev–Trinajstić information content (AvgIpc) is 2.84. The maximum atomic E-state index is 14.0. The van der Waals surface area contributed by atoms with Gasteiger partial charge < -0.3 is 9.73 Å². The molecule has 1 atom stereocenters. The standard InChI is InChI=1S/C17H15F2NO/c1-10-3-6-15-11(7-10)8-16(21-15)17(20-2)13-5-4-12(18)9-14(13)19/h3-9,17,20H,1-2H3. The number of hydrogen-bond donors (Lipinski definition) is 1. The zero-order chi connectivity index (χ0) is 15.0. The van der Waals surface area contributed by atoms with Gasteiger partial charge in [-0.3, -0.25) is 0 Å². The van der Waals surface area contributed by atoms with Crippen LogP contribution in [-0.4, -0.2) is 7.05 Å². The number of benzene rings is 2. The Balaban J connectivity index is 2.09. The first-order valence-corrected chi connectivity index (χ1v) is 6.71. The fourth-order valence-corrected chi connectivity index (χ4v) is 2.51. The van der Waals surface area contributed by atoms with E-state index in [-0.39, 0.29) is 0 Å². The molecule has 0 radical (unpaired) electrons. The highest BCUT2D eigenvalue weighted by Gasteiger charge is 2.20. The molecule has 0 saturated carbocycles. The molecule has 1 N–H and O–H groups in total. The van der Waals surface area contributed by atoms with Gasteiger partial charge in [0.25, 0.3) is 0 Å². The summed E-state index contributed by atoms with van der Waals surface area (Å²) in [5, 5.41) is 3.98. The van der Waals surface area contributed by atoms with Crippen LogP contribution < -0.4 is 5.32 Å². The van der Waals surface area contributed by atoms with Crippen LogP contribution >= 0.6 is 0 Å². The lowest BCUT2D eigenvalue weighted by Gasteiger charge is -2.14. The lowest BCUT2D eigenvalue weighted by molar-refractivity contribution is 0.473. The Morgan fingerprint density at radius 1 is 1.05 bits per heavy atom. The Morgan fingerprint density at radius 2 is 1.86 bits per heavy atom. The van der Waals surface area contributed by atoms with Gasteiger partial charge in [0.1, 0.15) is 23.0 Å². The van der Waals surface area contributed by atoms with E-state index in [9.17, 15) is 8.78 Å². The summed E-state index contributed by atoms with van der Waals surface area (Å²) >= 11 is 0. The summed E-state index contributed by atoms with van der Waals surface area (Å²) in [6.07, 6.45) is 0. The normalized spacial score (nSPS) is 12.8. The number of halogens is 2. The zero-order valence-electron chi connectivity index (χ0n) is 11.8. The molecule has 0 aliphatic rings. The third kappa shape index (κ3) is 2.54. The number of hydrogen-bond acceptors (Lipinski definition) is 2. The Labute approximate surface area is 121 Å². The van der Waals surface area contributed by atoms with Crippen molar-refractivity contribution in [2.24, 2.45) is 0 Å². The second-order valence-corrected chi connectivity index (χ2v) is 5.08. The minimum Gasteiger partial charge on any atom is -0.459 e. The Kier molecular flexibility index (Phi) is 3.47. The summed E-state index contributed by atoms with van der Waals surface area (Å²) in [5.41, 5.74) is 2.23. The van der Waals surface area contributed by atoms with E-state index in [1.807, 2.05) is 31.2 Å². The molecule has 0 amide bonds. The molecule has 0 spiro atoms. The van der Waals surface area contributed by atoms with Crippen molar-refractivity contribution in [2.45, 2.75) is 13.0 Å². The van der Waals surface area contributed by atoms with Gasteiger partial charge >= 0.3 is 0 Å². The number of aryl methyl sites for hydroxylation is 1. The van der Waals surface area contributed by atoms with Crippen molar-refractivity contribution < 1.29 is 13.2 Å². The molecule has 2 nitrogen and oxygen atoms in total. The third-order valence-corrected chi connectivity index (χ3v) is 3.54. The molecule has 0 bridgehead atoms. The maximum absolute atomic E-state index is 14.0. The smallest absolute Gasteiger partial charge is 0.134 e. The van der Waals surface area contributed by atoms with Crippen LogP contribution in [0.25, 0.3) is 11.0 Å². The van der Waals surface area contributed by atoms with E-state index in [0.29, 0.717) is 11.3 Å². The van der Waals surface area contributed by atoms with Crippen LogP contribution in [0.3, 0.4) is 0 Å². The summed E-state index contributed by atoms with van der Waals surface area (Å²) < 4.78 is 32.8. The van der Waals surface area contributed by atoms with Crippen molar-refractivity contribution in [3.8, 4) is 0 Å². The van der Waals surface area contributed by atoms with Gasteiger partial charge in [-0.15, -0.1) is 0 Å². The fraction of sp³-hybridized carbons (Fsp3) is 0.176. The van der Waals surface area contributed by atoms with Gasteiger partial charge in [-0.25, -0.2) is 8.78 Å². The summed E-state index contributed by atoms with van der Waals surface area (Å²) in [4.78, 5) is 0. The SMILES string of the molecule is CNC(c1cc2cc(C)ccc2o1)c1ccc(F)cc1F. The van der Waals surface area contributed by atoms with E-state index < -0.39 is 17.7 Å². The molecule has 0 aliphatic heterocycles. The van der Waals surface area contributed by atoms with Crippen LogP contribution in [0.2, 0.25) is 0 Å². The second-order valence-electron chi connectivity index (χ2n) is 5.08. The van der Waals surface area contributed by atoms with Crippen molar-refractivity contribution in [1.29, 1.82) is 0 Å². The molecule has 3 aromatic rings. The molecule has 0 aliphatic carbocycles. The van der Waals surface area contributed by atoms with Crippen LogP contribution in [0.4, 0.5) is 8.78 Å². The lowest BCUT2D eigenvalue weighted by Crippen LogP contribution is -2.18. The minimum absolute atomic E-state index is 0.356. The second kappa shape index (κ2) is 5.30. The monoisotopic (exact) mass is 287 g/mol. The van der Waals surface area contributed by atoms with Gasteiger partial charge in [-0.1, -0.05) is 17.7 Å². The highest BCUT2D eigenvalue weighted by atomic mass is 19.1. The van der Waals surface area contributed by atoms with E-state index in [4.69, 9.17) is 4.42 Å². The first-order chi connectivity index (χ1) is 10.1. The van der Waals surface area contributed by atoms with Crippen LogP contribution in [0.1, 0.15) is 22.9 Å². The Morgan fingerprint density at radius 3 is 2.57 bits per heavy atom. The molecular weight excluding hydrogens is 272 g/mol. The summed E-state index contributed by atoms with van der Waals surface area (Å²) in [7, 11) is 1.71.